The minimum Gasteiger partial charge on any atom is -0.453 e. The Morgan fingerprint density at radius 3 is 2.82 bits per heavy atom. The van der Waals surface area contributed by atoms with E-state index in [1.807, 2.05) is 0 Å². The van der Waals surface area contributed by atoms with Crippen molar-refractivity contribution in [1.82, 2.24) is 5.32 Å². The Bertz CT molecular complexity index is 143. The molecule has 11 heavy (non-hydrogen) atoms. The third-order valence-corrected chi connectivity index (χ3v) is 2.18. The second-order valence-corrected chi connectivity index (χ2v) is 3.19. The summed E-state index contributed by atoms with van der Waals surface area (Å²) in [5.41, 5.74) is 0. The van der Waals surface area contributed by atoms with E-state index in [2.05, 4.69) is 17.0 Å². The molecule has 1 N–H and O–H groups in total. The molecule has 1 rings (SSSR count). The van der Waals surface area contributed by atoms with Gasteiger partial charge in [0.05, 0.1) is 7.11 Å². The molecule has 0 radical (unpaired) electrons. The molecule has 1 atom stereocenters. The maximum Gasteiger partial charge on any atom is 0.406 e. The summed E-state index contributed by atoms with van der Waals surface area (Å²) in [6.07, 6.45) is 2.33. The first-order valence-corrected chi connectivity index (χ1v) is 4.06. The molecule has 0 aromatic rings. The minimum absolute atomic E-state index is 0.322. The number of nitrogens with one attached hydrogen (secondary N) is 1. The third-order valence-electron chi connectivity index (χ3n) is 2.18. The first-order valence-electron chi connectivity index (χ1n) is 4.06. The van der Waals surface area contributed by atoms with Gasteiger partial charge in [0.25, 0.3) is 0 Å². The lowest BCUT2D eigenvalue weighted by Crippen LogP contribution is -2.28. The van der Waals surface area contributed by atoms with Gasteiger partial charge in [-0.1, -0.05) is 6.92 Å². The summed E-state index contributed by atoms with van der Waals surface area (Å²) in [6, 6.07) is 0. The molecule has 1 aliphatic carbocycles. The van der Waals surface area contributed by atoms with Crippen molar-refractivity contribution in [3.8, 4) is 0 Å². The number of hydrogen-bond acceptors (Lipinski definition) is 2. The molecular formula is C8H15NO2. The van der Waals surface area contributed by atoms with Crippen LogP contribution in [0.3, 0.4) is 0 Å². The molecule has 3 heteroatoms. The van der Waals surface area contributed by atoms with Gasteiger partial charge in [-0.2, -0.15) is 0 Å². The fraction of sp³-hybridized carbons (Fsp3) is 0.875. The van der Waals surface area contributed by atoms with Gasteiger partial charge in [-0.15, -0.1) is 0 Å². The van der Waals surface area contributed by atoms with E-state index in [9.17, 15) is 4.79 Å². The van der Waals surface area contributed by atoms with E-state index in [4.69, 9.17) is 0 Å². The molecule has 0 spiro atoms. The standard InChI is InChI=1S/C8H15NO2/c1-6(7-3-4-7)5-9-8(10)11-2/h6-7H,3-5H2,1-2H3,(H,9,10). The van der Waals surface area contributed by atoms with Gasteiger partial charge in [-0.3, -0.25) is 0 Å². The number of ether oxygens (including phenoxy) is 1. The van der Waals surface area contributed by atoms with Gasteiger partial charge >= 0.3 is 6.09 Å². The number of alkyl carbamates (subject to hydrolysis) is 1. The van der Waals surface area contributed by atoms with Crippen LogP contribution in [0.4, 0.5) is 4.79 Å². The first kappa shape index (κ1) is 8.37. The fourth-order valence-electron chi connectivity index (χ4n) is 1.15. The molecular weight excluding hydrogens is 142 g/mol. The SMILES string of the molecule is COC(=O)NCC(C)C1CC1. The lowest BCUT2D eigenvalue weighted by atomic mass is 10.1. The monoisotopic (exact) mass is 157 g/mol. The van der Waals surface area contributed by atoms with Crippen molar-refractivity contribution >= 4 is 6.09 Å². The number of rotatable bonds is 3. The molecule has 0 heterocycles. The van der Waals surface area contributed by atoms with E-state index in [-0.39, 0.29) is 6.09 Å². The average Bonchev–Trinajstić information content (AvgIpc) is 2.81. The number of amides is 1. The minimum atomic E-state index is -0.322. The molecule has 1 fully saturated rings. The summed E-state index contributed by atoms with van der Waals surface area (Å²) in [4.78, 5) is 10.6. The highest BCUT2D eigenvalue weighted by Gasteiger charge is 2.27. The van der Waals surface area contributed by atoms with Gasteiger partial charge in [-0.25, -0.2) is 4.79 Å². The average molecular weight is 157 g/mol. The van der Waals surface area contributed by atoms with Crippen LogP contribution >= 0.6 is 0 Å². The van der Waals surface area contributed by atoms with Crippen LogP contribution in [-0.2, 0) is 4.74 Å². The van der Waals surface area contributed by atoms with Crippen LogP contribution in [0.2, 0.25) is 0 Å². The fourth-order valence-corrected chi connectivity index (χ4v) is 1.15. The van der Waals surface area contributed by atoms with Crippen molar-refractivity contribution in [3.63, 3.8) is 0 Å². The van der Waals surface area contributed by atoms with Crippen LogP contribution in [-0.4, -0.2) is 19.7 Å². The van der Waals surface area contributed by atoms with Crippen LogP contribution in [0, 0.1) is 11.8 Å². The molecule has 0 aromatic heterocycles. The number of hydrogen-bond donors (Lipinski definition) is 1. The number of methoxy groups -OCH3 is 1. The number of carbonyl (C=O) groups is 1. The quantitative estimate of drug-likeness (QED) is 0.672. The maximum atomic E-state index is 10.6. The van der Waals surface area contributed by atoms with Crippen molar-refractivity contribution in [2.45, 2.75) is 19.8 Å². The van der Waals surface area contributed by atoms with Crippen molar-refractivity contribution < 1.29 is 9.53 Å². The zero-order valence-electron chi connectivity index (χ0n) is 7.09. The molecule has 1 amide bonds. The summed E-state index contributed by atoms with van der Waals surface area (Å²) in [5, 5.41) is 2.69. The lowest BCUT2D eigenvalue weighted by Gasteiger charge is -2.09. The number of carbonyl (C=O) groups excluding carboxylic acids is 1. The zero-order chi connectivity index (χ0) is 8.27. The second kappa shape index (κ2) is 3.60. The predicted octanol–water partition coefficient (Wildman–Crippen LogP) is 1.39. The zero-order valence-corrected chi connectivity index (χ0v) is 7.09. The highest BCUT2D eigenvalue weighted by Crippen LogP contribution is 2.35. The van der Waals surface area contributed by atoms with Crippen molar-refractivity contribution in [1.29, 1.82) is 0 Å². The molecule has 64 valence electrons. The predicted molar refractivity (Wildman–Crippen MR) is 42.3 cm³/mol. The van der Waals surface area contributed by atoms with E-state index >= 15 is 0 Å². The Kier molecular flexibility index (Phi) is 2.74. The van der Waals surface area contributed by atoms with E-state index in [0.717, 1.165) is 12.5 Å². The lowest BCUT2D eigenvalue weighted by molar-refractivity contribution is 0.169. The molecule has 0 aromatic carbocycles. The van der Waals surface area contributed by atoms with Gasteiger partial charge in [0.2, 0.25) is 0 Å². The van der Waals surface area contributed by atoms with Gasteiger partial charge in [-0.05, 0) is 24.7 Å². The Morgan fingerprint density at radius 1 is 1.73 bits per heavy atom. The van der Waals surface area contributed by atoms with Gasteiger partial charge in [0, 0.05) is 6.54 Å². The van der Waals surface area contributed by atoms with E-state index in [1.54, 1.807) is 0 Å². The Morgan fingerprint density at radius 2 is 2.36 bits per heavy atom. The van der Waals surface area contributed by atoms with Crippen molar-refractivity contribution in [2.24, 2.45) is 11.8 Å². The second-order valence-electron chi connectivity index (χ2n) is 3.19. The third kappa shape index (κ3) is 2.78. The highest BCUT2D eigenvalue weighted by molar-refractivity contribution is 5.66. The normalized spacial score (nSPS) is 19.1. The van der Waals surface area contributed by atoms with Gasteiger partial charge < -0.3 is 10.1 Å². The maximum absolute atomic E-state index is 10.6. The Hall–Kier alpha value is -0.730. The topological polar surface area (TPSA) is 38.3 Å². The molecule has 0 saturated heterocycles. The van der Waals surface area contributed by atoms with Crippen LogP contribution in [0.5, 0.6) is 0 Å². The largest absolute Gasteiger partial charge is 0.453 e. The van der Waals surface area contributed by atoms with Crippen LogP contribution in [0.1, 0.15) is 19.8 Å². The van der Waals surface area contributed by atoms with Crippen LogP contribution in [0.15, 0.2) is 0 Å². The van der Waals surface area contributed by atoms with Crippen LogP contribution < -0.4 is 5.32 Å². The molecule has 1 aliphatic rings. The van der Waals surface area contributed by atoms with Crippen molar-refractivity contribution in [2.75, 3.05) is 13.7 Å². The van der Waals surface area contributed by atoms with E-state index in [0.29, 0.717) is 5.92 Å². The summed E-state index contributed by atoms with van der Waals surface area (Å²) in [6.45, 7) is 2.91. The summed E-state index contributed by atoms with van der Waals surface area (Å²) in [5.74, 6) is 1.45. The highest BCUT2D eigenvalue weighted by atomic mass is 16.5. The molecule has 0 bridgehead atoms. The first-order chi connectivity index (χ1) is 5.24. The van der Waals surface area contributed by atoms with Gasteiger partial charge in [0.15, 0.2) is 0 Å². The Labute approximate surface area is 67.1 Å². The van der Waals surface area contributed by atoms with Gasteiger partial charge in [0.1, 0.15) is 0 Å². The summed E-state index contributed by atoms with van der Waals surface area (Å²) >= 11 is 0. The van der Waals surface area contributed by atoms with Crippen LogP contribution in [0.25, 0.3) is 0 Å². The van der Waals surface area contributed by atoms with E-state index in [1.165, 1.54) is 20.0 Å². The molecule has 0 aliphatic heterocycles. The molecule has 1 saturated carbocycles. The Balaban J connectivity index is 2.05. The van der Waals surface area contributed by atoms with E-state index < -0.39 is 0 Å². The smallest absolute Gasteiger partial charge is 0.406 e. The molecule has 1 unspecified atom stereocenters. The summed E-state index contributed by atoms with van der Waals surface area (Å²) in [7, 11) is 1.39. The van der Waals surface area contributed by atoms with Crippen molar-refractivity contribution in [3.05, 3.63) is 0 Å². The summed E-state index contributed by atoms with van der Waals surface area (Å²) < 4.78 is 4.45. The molecule has 3 nitrogen and oxygen atoms in total.